The van der Waals surface area contributed by atoms with Gasteiger partial charge in [0.1, 0.15) is 0 Å². The minimum Gasteiger partial charge on any atom is -0.741 e. The van der Waals surface area contributed by atoms with Crippen molar-refractivity contribution in [2.24, 2.45) is 0 Å². The van der Waals surface area contributed by atoms with Crippen molar-refractivity contribution in [3.8, 4) is 5.69 Å². The summed E-state index contributed by atoms with van der Waals surface area (Å²) < 4.78 is 61.0. The maximum atomic E-state index is 10.7. The first kappa shape index (κ1) is 18.1. The van der Waals surface area contributed by atoms with Gasteiger partial charge in [-0.15, -0.1) is 0 Å². The lowest BCUT2D eigenvalue weighted by Gasteiger charge is -2.08. The average molecular weight is 333 g/mol. The smallest absolute Gasteiger partial charge is 0.485 e. The molecule has 0 aliphatic carbocycles. The van der Waals surface area contributed by atoms with Gasteiger partial charge in [0.25, 0.3) is 0 Å². The van der Waals surface area contributed by atoms with Gasteiger partial charge in [-0.2, -0.15) is 17.7 Å². The number of halogens is 3. The lowest BCUT2D eigenvalue weighted by molar-refractivity contribution is -0.595. The highest BCUT2D eigenvalue weighted by molar-refractivity contribution is 7.86. The molecule has 4 nitrogen and oxygen atoms in total. The van der Waals surface area contributed by atoms with E-state index in [1.54, 1.807) is 0 Å². The molecule has 0 fully saturated rings. The van der Waals surface area contributed by atoms with Crippen LogP contribution in [0.15, 0.2) is 48.8 Å². The van der Waals surface area contributed by atoms with Crippen LogP contribution >= 0.6 is 0 Å². The van der Waals surface area contributed by atoms with E-state index >= 15 is 0 Å². The van der Waals surface area contributed by atoms with Crippen molar-refractivity contribution < 1.29 is 30.7 Å². The molecule has 0 atom stereocenters. The second-order valence-corrected chi connectivity index (χ2v) is 5.89. The van der Waals surface area contributed by atoms with Gasteiger partial charge < -0.3 is 4.55 Å². The number of rotatable bonds is 1. The average Bonchev–Trinajstić information content (AvgIpc) is 2.39. The summed E-state index contributed by atoms with van der Waals surface area (Å²) in [6, 6.07) is 12.7. The summed E-state index contributed by atoms with van der Waals surface area (Å²) in [5, 5.41) is 0. The molecule has 0 saturated heterocycles. The number of aromatic nitrogens is 1. The Balaban J connectivity index is 0.000000261. The first-order chi connectivity index (χ1) is 10.0. The van der Waals surface area contributed by atoms with Crippen LogP contribution in [0.3, 0.4) is 0 Å². The molecule has 0 saturated carbocycles. The minimum atomic E-state index is -6.09. The molecule has 1 heterocycles. The van der Waals surface area contributed by atoms with E-state index in [-0.39, 0.29) is 0 Å². The molecule has 0 bridgehead atoms. The van der Waals surface area contributed by atoms with Gasteiger partial charge in [0, 0.05) is 24.3 Å². The van der Waals surface area contributed by atoms with Crippen molar-refractivity contribution in [3.63, 3.8) is 0 Å². The van der Waals surface area contributed by atoms with Crippen LogP contribution < -0.4 is 4.57 Å². The van der Waals surface area contributed by atoms with Crippen LogP contribution in [0.5, 0.6) is 0 Å². The molecule has 1 aromatic carbocycles. The Bertz CT molecular complexity index is 665. The third kappa shape index (κ3) is 5.45. The first-order valence-corrected chi connectivity index (χ1v) is 7.48. The molecule has 0 spiro atoms. The zero-order valence-corrected chi connectivity index (χ0v) is 12.6. The van der Waals surface area contributed by atoms with E-state index in [4.69, 9.17) is 13.0 Å². The van der Waals surface area contributed by atoms with Crippen LogP contribution in [-0.4, -0.2) is 18.5 Å². The molecule has 2 rings (SSSR count). The molecule has 0 aliphatic heterocycles. The summed E-state index contributed by atoms with van der Waals surface area (Å²) in [7, 11) is -6.09. The van der Waals surface area contributed by atoms with E-state index in [2.05, 4.69) is 67.2 Å². The van der Waals surface area contributed by atoms with Gasteiger partial charge in [-0.25, -0.2) is 8.42 Å². The lowest BCUT2D eigenvalue weighted by atomic mass is 10.2. The Morgan fingerprint density at radius 3 is 1.64 bits per heavy atom. The van der Waals surface area contributed by atoms with Gasteiger partial charge in [-0.3, -0.25) is 0 Å². The standard InChI is InChI=1S/C13H14N.CHF3O3S/c1-11-3-5-13(6-4-11)14-9-7-12(2)8-10-14;2-1(3,4)8(5,6)7/h3-10H,1-2H3;(H,5,6,7)/q+1;/p-1. The van der Waals surface area contributed by atoms with Crippen molar-refractivity contribution >= 4 is 10.1 Å². The van der Waals surface area contributed by atoms with Crippen LogP contribution in [0.25, 0.3) is 5.69 Å². The van der Waals surface area contributed by atoms with Gasteiger partial charge in [-0.05, 0) is 19.4 Å². The molecular formula is C14H14F3NO3S. The van der Waals surface area contributed by atoms with E-state index in [9.17, 15) is 13.2 Å². The highest BCUT2D eigenvalue weighted by Crippen LogP contribution is 2.20. The van der Waals surface area contributed by atoms with E-state index < -0.39 is 15.6 Å². The van der Waals surface area contributed by atoms with Crippen molar-refractivity contribution in [1.82, 2.24) is 0 Å². The van der Waals surface area contributed by atoms with Crippen molar-refractivity contribution in [1.29, 1.82) is 0 Å². The zero-order valence-electron chi connectivity index (χ0n) is 11.8. The Labute approximate surface area is 126 Å². The van der Waals surface area contributed by atoms with Crippen molar-refractivity contribution in [3.05, 3.63) is 59.9 Å². The second-order valence-electron chi connectivity index (χ2n) is 4.52. The van der Waals surface area contributed by atoms with Gasteiger partial charge in [-0.1, -0.05) is 17.7 Å². The molecule has 0 N–H and O–H groups in total. The van der Waals surface area contributed by atoms with E-state index in [0.29, 0.717) is 0 Å². The monoisotopic (exact) mass is 333 g/mol. The van der Waals surface area contributed by atoms with Gasteiger partial charge in [0.05, 0.1) is 0 Å². The number of hydrogen-bond acceptors (Lipinski definition) is 3. The molecule has 1 aromatic heterocycles. The van der Waals surface area contributed by atoms with Crippen LogP contribution in [0.2, 0.25) is 0 Å². The van der Waals surface area contributed by atoms with Crippen LogP contribution in [0, 0.1) is 13.8 Å². The fourth-order valence-corrected chi connectivity index (χ4v) is 1.39. The van der Waals surface area contributed by atoms with E-state index in [1.165, 1.54) is 16.8 Å². The fraction of sp³-hybridized carbons (Fsp3) is 0.214. The normalized spacial score (nSPS) is 11.5. The number of nitrogens with zero attached hydrogens (tertiary/aromatic N) is 1. The molecule has 8 heteroatoms. The highest BCUT2D eigenvalue weighted by atomic mass is 32.2. The molecular weight excluding hydrogens is 319 g/mol. The summed E-state index contributed by atoms with van der Waals surface area (Å²) in [6.45, 7) is 4.20. The van der Waals surface area contributed by atoms with Crippen LogP contribution in [0.1, 0.15) is 11.1 Å². The SMILES string of the molecule is Cc1ccc(-[n+]2ccc(C)cc2)cc1.O=S(=O)([O-])C(F)(F)F. The molecule has 22 heavy (non-hydrogen) atoms. The maximum Gasteiger partial charge on any atom is 0.485 e. The number of alkyl halides is 3. The Morgan fingerprint density at radius 2 is 1.27 bits per heavy atom. The quantitative estimate of drug-likeness (QED) is 0.458. The number of benzene rings is 1. The predicted molar refractivity (Wildman–Crippen MR) is 73.2 cm³/mol. The Hall–Kier alpha value is -1.93. The summed E-state index contributed by atoms with van der Waals surface area (Å²) in [5.74, 6) is 0. The Kier molecular flexibility index (Phi) is 5.67. The largest absolute Gasteiger partial charge is 0.741 e. The summed E-state index contributed by atoms with van der Waals surface area (Å²) in [5.41, 5.74) is -1.86. The van der Waals surface area contributed by atoms with Crippen molar-refractivity contribution in [2.75, 3.05) is 0 Å². The molecule has 0 aliphatic rings. The van der Waals surface area contributed by atoms with Gasteiger partial charge >= 0.3 is 5.51 Å². The predicted octanol–water partition coefficient (Wildman–Crippen LogP) is 2.63. The number of pyridine rings is 1. The summed E-state index contributed by atoms with van der Waals surface area (Å²) in [4.78, 5) is 0. The number of aryl methyl sites for hydroxylation is 2. The summed E-state index contributed by atoms with van der Waals surface area (Å²) >= 11 is 0. The van der Waals surface area contributed by atoms with Gasteiger partial charge in [0.2, 0.25) is 5.69 Å². The first-order valence-electron chi connectivity index (χ1n) is 6.08. The van der Waals surface area contributed by atoms with E-state index in [1.807, 2.05) is 0 Å². The minimum absolute atomic E-state index is 1.20. The summed E-state index contributed by atoms with van der Waals surface area (Å²) in [6.07, 6.45) is 4.17. The van der Waals surface area contributed by atoms with Crippen molar-refractivity contribution in [2.45, 2.75) is 19.4 Å². The van der Waals surface area contributed by atoms with Gasteiger partial charge in [0.15, 0.2) is 22.5 Å². The van der Waals surface area contributed by atoms with E-state index in [0.717, 1.165) is 0 Å². The topological polar surface area (TPSA) is 61.1 Å². The maximum absolute atomic E-state index is 10.7. The van der Waals surface area contributed by atoms with Crippen LogP contribution in [-0.2, 0) is 10.1 Å². The number of hydrogen-bond donors (Lipinski definition) is 0. The fourth-order valence-electron chi connectivity index (χ4n) is 1.39. The molecule has 120 valence electrons. The highest BCUT2D eigenvalue weighted by Gasteiger charge is 2.36. The zero-order chi connectivity index (χ0) is 17.0. The molecule has 0 radical (unpaired) electrons. The van der Waals surface area contributed by atoms with Crippen LogP contribution in [0.4, 0.5) is 13.2 Å². The Morgan fingerprint density at radius 1 is 0.909 bits per heavy atom. The molecule has 0 unspecified atom stereocenters. The molecule has 0 amide bonds. The lowest BCUT2D eigenvalue weighted by Crippen LogP contribution is -2.29. The third-order valence-electron chi connectivity index (χ3n) is 2.61. The third-order valence-corrected chi connectivity index (χ3v) is 3.18. The molecule has 2 aromatic rings. The second kappa shape index (κ2) is 6.89.